The first-order valence-corrected chi connectivity index (χ1v) is 14.2. The van der Waals surface area contributed by atoms with Crippen LogP contribution in [0.5, 0.6) is 5.75 Å². The average molecular weight is 492 g/mol. The number of rotatable bonds is 10. The number of aromatic nitrogens is 1. The van der Waals surface area contributed by atoms with Crippen LogP contribution < -0.4 is 4.74 Å². The van der Waals surface area contributed by atoms with Gasteiger partial charge < -0.3 is 9.14 Å². The summed E-state index contributed by atoms with van der Waals surface area (Å²) in [4.78, 5) is 13.0. The molecule has 0 aliphatic rings. The highest BCUT2D eigenvalue weighted by molar-refractivity contribution is 7.94. The monoisotopic (exact) mass is 491 g/mol. The predicted octanol–water partition coefficient (Wildman–Crippen LogP) is 4.11. The first-order chi connectivity index (χ1) is 15.6. The quantitative estimate of drug-likeness (QED) is 0.396. The summed E-state index contributed by atoms with van der Waals surface area (Å²) < 4.78 is 60.2. The highest BCUT2D eigenvalue weighted by Crippen LogP contribution is 2.36. The zero-order chi connectivity index (χ0) is 24.4. The summed E-state index contributed by atoms with van der Waals surface area (Å²) >= 11 is 0. The molecule has 2 heterocycles. The Hall–Kier alpha value is -2.65. The van der Waals surface area contributed by atoms with Crippen molar-refractivity contribution in [3.63, 3.8) is 0 Å². The minimum atomic E-state index is -4.07. The van der Waals surface area contributed by atoms with Crippen LogP contribution in [0.3, 0.4) is 0 Å². The Kier molecular flexibility index (Phi) is 7.33. The van der Waals surface area contributed by atoms with Crippen LogP contribution in [-0.2, 0) is 26.1 Å². The molecule has 3 aromatic rings. The topological polar surface area (TPSA) is 99.0 Å². The molecule has 0 fully saturated rings. The van der Waals surface area contributed by atoms with Gasteiger partial charge in [0.1, 0.15) is 21.2 Å². The van der Waals surface area contributed by atoms with Crippen molar-refractivity contribution in [1.29, 1.82) is 0 Å². The van der Waals surface area contributed by atoms with E-state index >= 15 is 0 Å². The summed E-state index contributed by atoms with van der Waals surface area (Å²) in [5.41, 5.74) is 1.15. The maximum Gasteiger partial charge on any atom is 0.211 e. The van der Waals surface area contributed by atoms with Crippen molar-refractivity contribution >= 4 is 31.0 Å². The largest absolute Gasteiger partial charge is 0.497 e. The summed E-state index contributed by atoms with van der Waals surface area (Å²) in [5.74, 6) is -0.496. The first-order valence-electron chi connectivity index (χ1n) is 10.9. The fraction of sp³-hybridized carbons (Fsp3) is 0.375. The van der Waals surface area contributed by atoms with E-state index in [1.165, 1.54) is 23.6 Å². The number of pyridine rings is 1. The zero-order valence-corrected chi connectivity index (χ0v) is 20.9. The number of ether oxygens (including phenoxy) is 1. The minimum absolute atomic E-state index is 0.152. The molecule has 0 atom stereocenters. The fourth-order valence-corrected chi connectivity index (χ4v) is 7.86. The molecular formula is C24H29NO6S2. The number of hydrogen-bond donors (Lipinski definition) is 0. The molecule has 0 saturated carbocycles. The molecule has 3 rings (SSSR count). The highest BCUT2D eigenvalue weighted by atomic mass is 32.2. The van der Waals surface area contributed by atoms with Gasteiger partial charge in [-0.2, -0.15) is 0 Å². The third-order valence-corrected chi connectivity index (χ3v) is 9.53. The Morgan fingerprint density at radius 2 is 1.45 bits per heavy atom. The van der Waals surface area contributed by atoms with Gasteiger partial charge in [0.15, 0.2) is 19.7 Å². The number of carbonyl (C=O) groups excluding carboxylic acids is 1. The van der Waals surface area contributed by atoms with Crippen molar-refractivity contribution in [1.82, 2.24) is 4.40 Å². The Bertz CT molecular complexity index is 1380. The van der Waals surface area contributed by atoms with Gasteiger partial charge in [0.05, 0.1) is 24.1 Å². The molecule has 9 heteroatoms. The van der Waals surface area contributed by atoms with Crippen LogP contribution in [0.4, 0.5) is 0 Å². The summed E-state index contributed by atoms with van der Waals surface area (Å²) in [6, 6.07) is 9.72. The van der Waals surface area contributed by atoms with Crippen LogP contribution in [0.1, 0.15) is 55.2 Å². The van der Waals surface area contributed by atoms with E-state index in [0.717, 1.165) is 5.56 Å². The first kappa shape index (κ1) is 25.0. The van der Waals surface area contributed by atoms with Crippen molar-refractivity contribution in [2.75, 3.05) is 18.6 Å². The summed E-state index contributed by atoms with van der Waals surface area (Å²) in [6.45, 7) is 5.35. The van der Waals surface area contributed by atoms with E-state index in [-0.39, 0.29) is 39.6 Å². The van der Waals surface area contributed by atoms with E-state index in [9.17, 15) is 21.6 Å². The summed E-state index contributed by atoms with van der Waals surface area (Å²) in [5, 5.41) is 0. The second kappa shape index (κ2) is 9.69. The minimum Gasteiger partial charge on any atom is -0.497 e. The Morgan fingerprint density at radius 3 is 1.97 bits per heavy atom. The molecule has 0 unspecified atom stereocenters. The van der Waals surface area contributed by atoms with Crippen LogP contribution in [0, 0.1) is 0 Å². The molecule has 0 N–H and O–H groups in total. The molecular weight excluding hydrogens is 462 g/mol. The molecule has 0 radical (unpaired) electrons. The molecule has 0 bridgehead atoms. The third kappa shape index (κ3) is 4.70. The average Bonchev–Trinajstić information content (AvgIpc) is 3.14. The van der Waals surface area contributed by atoms with Crippen molar-refractivity contribution in [2.45, 2.75) is 49.8 Å². The van der Waals surface area contributed by atoms with Gasteiger partial charge in [-0.3, -0.25) is 4.79 Å². The van der Waals surface area contributed by atoms with Gasteiger partial charge in [-0.1, -0.05) is 20.8 Å². The standard InChI is InChI=1S/C24H29NO6S2/c1-5-14-32(27,28)23-20-16-17(7-3)12-13-25(20)21(24(23)33(29,30)15-6-2)22(26)18-8-10-19(31-4)11-9-18/h8-13,16H,5-7,14-15H2,1-4H3. The summed E-state index contributed by atoms with van der Waals surface area (Å²) in [6.07, 6.45) is 2.83. The van der Waals surface area contributed by atoms with Gasteiger partial charge in [0.25, 0.3) is 0 Å². The van der Waals surface area contributed by atoms with E-state index in [1.54, 1.807) is 44.3 Å². The lowest BCUT2D eigenvalue weighted by atomic mass is 10.1. The van der Waals surface area contributed by atoms with Crippen molar-refractivity contribution in [2.24, 2.45) is 0 Å². The van der Waals surface area contributed by atoms with Gasteiger partial charge in [-0.05, 0) is 61.2 Å². The van der Waals surface area contributed by atoms with E-state index in [2.05, 4.69) is 0 Å². The Balaban J connectivity index is 2.48. The van der Waals surface area contributed by atoms with E-state index in [0.29, 0.717) is 18.6 Å². The van der Waals surface area contributed by atoms with E-state index in [4.69, 9.17) is 4.74 Å². The number of carbonyl (C=O) groups is 1. The number of nitrogens with zero attached hydrogens (tertiary/aromatic N) is 1. The number of ketones is 1. The van der Waals surface area contributed by atoms with Crippen LogP contribution in [-0.4, -0.2) is 45.6 Å². The van der Waals surface area contributed by atoms with Crippen molar-refractivity contribution < 1.29 is 26.4 Å². The Labute approximate surface area is 195 Å². The SMILES string of the molecule is CCCS(=O)(=O)c1c(S(=O)(=O)CCC)c2cc(CC)ccn2c1C(=O)c1ccc(OC)cc1. The van der Waals surface area contributed by atoms with Gasteiger partial charge in [-0.15, -0.1) is 0 Å². The number of benzene rings is 1. The van der Waals surface area contributed by atoms with Crippen molar-refractivity contribution in [3.05, 3.63) is 59.4 Å². The molecule has 33 heavy (non-hydrogen) atoms. The second-order valence-corrected chi connectivity index (χ2v) is 11.9. The van der Waals surface area contributed by atoms with Gasteiger partial charge in [0.2, 0.25) is 5.78 Å². The van der Waals surface area contributed by atoms with Gasteiger partial charge in [-0.25, -0.2) is 16.8 Å². The zero-order valence-electron chi connectivity index (χ0n) is 19.3. The van der Waals surface area contributed by atoms with E-state index in [1.807, 2.05) is 6.92 Å². The summed E-state index contributed by atoms with van der Waals surface area (Å²) in [7, 11) is -6.53. The molecule has 7 nitrogen and oxygen atoms in total. The molecule has 0 saturated heterocycles. The van der Waals surface area contributed by atoms with Crippen LogP contribution in [0.25, 0.3) is 5.52 Å². The molecule has 2 aromatic heterocycles. The smallest absolute Gasteiger partial charge is 0.211 e. The predicted molar refractivity (Wildman–Crippen MR) is 128 cm³/mol. The molecule has 0 amide bonds. The lowest BCUT2D eigenvalue weighted by Crippen LogP contribution is -2.17. The number of aryl methyl sites for hydroxylation is 1. The molecule has 0 aliphatic heterocycles. The second-order valence-electron chi connectivity index (χ2n) is 7.85. The number of sulfone groups is 2. The van der Waals surface area contributed by atoms with Crippen LogP contribution in [0.2, 0.25) is 0 Å². The van der Waals surface area contributed by atoms with Crippen molar-refractivity contribution in [3.8, 4) is 5.75 Å². The molecule has 178 valence electrons. The number of fused-ring (bicyclic) bond motifs is 1. The fourth-order valence-electron chi connectivity index (χ4n) is 3.89. The Morgan fingerprint density at radius 1 is 0.879 bits per heavy atom. The number of methoxy groups -OCH3 is 1. The lowest BCUT2D eigenvalue weighted by Gasteiger charge is -2.09. The lowest BCUT2D eigenvalue weighted by molar-refractivity contribution is 0.103. The highest BCUT2D eigenvalue weighted by Gasteiger charge is 2.37. The van der Waals surface area contributed by atoms with Crippen LogP contribution >= 0.6 is 0 Å². The maximum atomic E-state index is 13.7. The third-order valence-electron chi connectivity index (χ3n) is 5.46. The molecule has 1 aromatic carbocycles. The van der Waals surface area contributed by atoms with Crippen LogP contribution in [0.15, 0.2) is 52.4 Å². The van der Waals surface area contributed by atoms with Gasteiger partial charge in [0, 0.05) is 11.8 Å². The van der Waals surface area contributed by atoms with Gasteiger partial charge >= 0.3 is 0 Å². The maximum absolute atomic E-state index is 13.7. The molecule has 0 aliphatic carbocycles. The number of hydrogen-bond acceptors (Lipinski definition) is 6. The normalized spacial score (nSPS) is 12.2. The molecule has 0 spiro atoms. The van der Waals surface area contributed by atoms with E-state index < -0.39 is 30.4 Å².